The van der Waals surface area contributed by atoms with Crippen LogP contribution in [0.3, 0.4) is 0 Å². The first-order valence-electron chi connectivity index (χ1n) is 7.59. The molecule has 0 saturated heterocycles. The Morgan fingerprint density at radius 2 is 1.70 bits per heavy atom. The standard InChI is InChI=1S/C14H32B2INO2/c1-11(18-17)10-12(2,3)15-16-14(6,7)20-9-8-13(4,5)19/h11,15-16,18-19H,8-10H2,1-7H3. The van der Waals surface area contributed by atoms with E-state index in [0.29, 0.717) is 24.4 Å². The smallest absolute Gasteiger partial charge is 0.127 e. The number of halogens is 1. The zero-order valence-corrected chi connectivity index (χ0v) is 16.5. The summed E-state index contributed by atoms with van der Waals surface area (Å²) in [4.78, 5) is 0. The van der Waals surface area contributed by atoms with E-state index in [0.717, 1.165) is 20.8 Å². The maximum Gasteiger partial charge on any atom is 0.127 e. The van der Waals surface area contributed by atoms with Gasteiger partial charge in [0.15, 0.2) is 0 Å². The van der Waals surface area contributed by atoms with E-state index in [9.17, 15) is 5.11 Å². The number of hydrogen-bond acceptors (Lipinski definition) is 3. The fourth-order valence-electron chi connectivity index (χ4n) is 2.26. The van der Waals surface area contributed by atoms with Crippen molar-refractivity contribution in [3.8, 4) is 0 Å². The van der Waals surface area contributed by atoms with Crippen LogP contribution in [0.1, 0.15) is 61.3 Å². The molecule has 0 aromatic heterocycles. The summed E-state index contributed by atoms with van der Waals surface area (Å²) in [5.41, 5.74) is -0.764. The molecule has 0 bridgehead atoms. The molecule has 0 fully saturated rings. The lowest BCUT2D eigenvalue weighted by atomic mass is 9.24. The molecule has 2 N–H and O–H groups in total. The van der Waals surface area contributed by atoms with E-state index >= 15 is 0 Å². The summed E-state index contributed by atoms with van der Waals surface area (Å²) in [6.45, 7) is 15.4. The van der Waals surface area contributed by atoms with Gasteiger partial charge < -0.3 is 9.84 Å². The van der Waals surface area contributed by atoms with E-state index < -0.39 is 5.60 Å². The minimum Gasteiger partial charge on any atom is -0.390 e. The van der Waals surface area contributed by atoms with E-state index in [4.69, 9.17) is 4.74 Å². The van der Waals surface area contributed by atoms with Crippen molar-refractivity contribution in [2.75, 3.05) is 6.61 Å². The van der Waals surface area contributed by atoms with E-state index in [-0.39, 0.29) is 5.50 Å². The quantitative estimate of drug-likeness (QED) is 0.340. The normalized spacial score (nSPS) is 15.1. The number of hydrogen-bond donors (Lipinski definition) is 2. The fourth-order valence-corrected chi connectivity index (χ4v) is 2.48. The molecule has 0 aliphatic carbocycles. The number of rotatable bonds is 10. The maximum atomic E-state index is 9.71. The van der Waals surface area contributed by atoms with Crippen molar-refractivity contribution >= 4 is 37.2 Å². The van der Waals surface area contributed by atoms with Gasteiger partial charge in [0, 0.05) is 41.0 Å². The average molecular weight is 395 g/mol. The van der Waals surface area contributed by atoms with E-state index in [2.05, 4.69) is 61.0 Å². The Morgan fingerprint density at radius 3 is 2.15 bits per heavy atom. The molecule has 1 atom stereocenters. The van der Waals surface area contributed by atoms with Gasteiger partial charge in [-0.15, -0.1) is 0 Å². The zero-order chi connectivity index (χ0) is 16.0. The van der Waals surface area contributed by atoms with Crippen LogP contribution in [0.2, 0.25) is 5.31 Å². The first kappa shape index (κ1) is 20.7. The summed E-state index contributed by atoms with van der Waals surface area (Å²) < 4.78 is 9.24. The predicted octanol–water partition coefficient (Wildman–Crippen LogP) is 2.60. The summed E-state index contributed by atoms with van der Waals surface area (Å²) >= 11 is 2.23. The van der Waals surface area contributed by atoms with Gasteiger partial charge in [0.1, 0.15) is 7.17 Å². The van der Waals surface area contributed by atoms with E-state index in [1.54, 1.807) is 0 Å². The van der Waals surface area contributed by atoms with E-state index in [1.807, 2.05) is 13.8 Å². The van der Waals surface area contributed by atoms with Gasteiger partial charge in [0.2, 0.25) is 0 Å². The molecule has 6 heteroatoms. The van der Waals surface area contributed by atoms with Crippen LogP contribution in [0.15, 0.2) is 0 Å². The summed E-state index contributed by atoms with van der Waals surface area (Å²) in [5.74, 6) is 0. The molecule has 0 aromatic carbocycles. The van der Waals surface area contributed by atoms with Crippen molar-refractivity contribution < 1.29 is 9.84 Å². The molecule has 0 aromatic rings. The Labute approximate surface area is 141 Å². The highest BCUT2D eigenvalue weighted by molar-refractivity contribution is 14.1. The predicted molar refractivity (Wildman–Crippen MR) is 101 cm³/mol. The monoisotopic (exact) mass is 395 g/mol. The molecular weight excluding hydrogens is 363 g/mol. The fraction of sp³-hybridized carbons (Fsp3) is 1.00. The molecule has 0 rings (SSSR count). The average Bonchev–Trinajstić information content (AvgIpc) is 2.24. The highest BCUT2D eigenvalue weighted by Gasteiger charge is 2.28. The lowest BCUT2D eigenvalue weighted by Crippen LogP contribution is -2.41. The second-order valence-corrected chi connectivity index (χ2v) is 8.67. The Morgan fingerprint density at radius 1 is 1.15 bits per heavy atom. The molecule has 0 aliphatic heterocycles. The molecular formula is C14H32B2INO2. The highest BCUT2D eigenvalue weighted by atomic mass is 127. The van der Waals surface area contributed by atoms with Gasteiger partial charge in [-0.1, -0.05) is 19.2 Å². The molecule has 0 saturated carbocycles. The minimum absolute atomic E-state index is 0.122. The minimum atomic E-state index is -0.642. The van der Waals surface area contributed by atoms with Gasteiger partial charge in [0.25, 0.3) is 0 Å². The van der Waals surface area contributed by atoms with E-state index in [1.165, 1.54) is 0 Å². The number of aliphatic hydroxyl groups is 1. The van der Waals surface area contributed by atoms with Gasteiger partial charge in [-0.25, -0.2) is 0 Å². The topological polar surface area (TPSA) is 41.5 Å². The van der Waals surface area contributed by atoms with Gasteiger partial charge >= 0.3 is 0 Å². The molecule has 0 radical (unpaired) electrons. The Bertz CT molecular complexity index is 281. The first-order valence-corrected chi connectivity index (χ1v) is 8.67. The van der Waals surface area contributed by atoms with Crippen molar-refractivity contribution in [3.05, 3.63) is 0 Å². The Kier molecular flexibility index (Phi) is 8.70. The van der Waals surface area contributed by atoms with Crippen molar-refractivity contribution in [2.45, 2.75) is 83.8 Å². The third kappa shape index (κ3) is 11.4. The van der Waals surface area contributed by atoms with Gasteiger partial charge in [0.05, 0.1) is 12.8 Å². The summed E-state index contributed by atoms with van der Waals surface area (Å²) in [6, 6.07) is 0.532. The van der Waals surface area contributed by atoms with Crippen LogP contribution in [0.25, 0.3) is 0 Å². The maximum absolute atomic E-state index is 9.71. The van der Waals surface area contributed by atoms with Crippen LogP contribution in [0.4, 0.5) is 0 Å². The van der Waals surface area contributed by atoms with Crippen LogP contribution in [0, 0.1) is 0 Å². The van der Waals surface area contributed by atoms with Crippen LogP contribution in [-0.2, 0) is 4.74 Å². The SMILES string of the molecule is CC(CC(C)(C)BBC(C)(C)OCCC(C)(C)O)NI. The Balaban J connectivity index is 4.13. The van der Waals surface area contributed by atoms with Crippen LogP contribution in [0.5, 0.6) is 0 Å². The molecule has 118 valence electrons. The number of ether oxygens (including phenoxy) is 1. The lowest BCUT2D eigenvalue weighted by molar-refractivity contribution is -0.00672. The summed E-state index contributed by atoms with van der Waals surface area (Å²) in [6.07, 6.45) is 1.84. The lowest BCUT2D eigenvalue weighted by Gasteiger charge is -2.32. The zero-order valence-electron chi connectivity index (χ0n) is 14.3. The third-order valence-corrected chi connectivity index (χ3v) is 4.72. The van der Waals surface area contributed by atoms with Crippen LogP contribution in [-0.4, -0.2) is 43.2 Å². The molecule has 0 heterocycles. The molecule has 0 spiro atoms. The van der Waals surface area contributed by atoms with Crippen molar-refractivity contribution in [2.24, 2.45) is 0 Å². The Hall–Kier alpha value is 0.740. The van der Waals surface area contributed by atoms with Crippen molar-refractivity contribution in [1.29, 1.82) is 0 Å². The van der Waals surface area contributed by atoms with Crippen molar-refractivity contribution in [1.82, 2.24) is 3.53 Å². The third-order valence-electron chi connectivity index (χ3n) is 3.66. The molecule has 3 nitrogen and oxygen atoms in total. The summed E-state index contributed by atoms with van der Waals surface area (Å²) in [7, 11) is 2.19. The van der Waals surface area contributed by atoms with Gasteiger partial charge in [-0.3, -0.25) is 3.53 Å². The first-order chi connectivity index (χ1) is 8.87. The molecule has 0 amide bonds. The molecule has 1 unspecified atom stereocenters. The largest absolute Gasteiger partial charge is 0.390 e. The van der Waals surface area contributed by atoms with Gasteiger partial charge in [-0.05, 0) is 47.5 Å². The summed E-state index contributed by atoms with van der Waals surface area (Å²) in [5, 5.41) is 10.0. The van der Waals surface area contributed by atoms with Crippen LogP contribution >= 0.6 is 22.9 Å². The second kappa shape index (κ2) is 8.39. The number of nitrogens with one attached hydrogen (secondary N) is 1. The molecule has 20 heavy (non-hydrogen) atoms. The van der Waals surface area contributed by atoms with Crippen LogP contribution < -0.4 is 3.53 Å². The second-order valence-electron chi connectivity index (χ2n) is 8.05. The highest BCUT2D eigenvalue weighted by Crippen LogP contribution is 2.30. The molecule has 0 aliphatic rings. The van der Waals surface area contributed by atoms with Gasteiger partial charge in [-0.2, -0.15) is 0 Å². The van der Waals surface area contributed by atoms with Crippen molar-refractivity contribution in [3.63, 3.8) is 0 Å².